The summed E-state index contributed by atoms with van der Waals surface area (Å²) in [4.78, 5) is 21.3. The van der Waals surface area contributed by atoms with Crippen LogP contribution in [0.2, 0.25) is 0 Å². The summed E-state index contributed by atoms with van der Waals surface area (Å²) >= 11 is 0. The first kappa shape index (κ1) is 26.3. The molecule has 0 unspecified atom stereocenters. The van der Waals surface area contributed by atoms with Crippen molar-refractivity contribution in [1.82, 2.24) is 9.97 Å². The van der Waals surface area contributed by atoms with Gasteiger partial charge >= 0.3 is 0 Å². The number of benzene rings is 3. The lowest BCUT2D eigenvalue weighted by atomic mass is 10.1. The largest absolute Gasteiger partial charge is 0.340 e. The van der Waals surface area contributed by atoms with Crippen LogP contribution in [0.25, 0.3) is 0 Å². The number of nitrogens with zero attached hydrogens (tertiary/aromatic N) is 3. The fourth-order valence-corrected chi connectivity index (χ4v) is 6.61. The summed E-state index contributed by atoms with van der Waals surface area (Å²) < 4.78 is 51.4. The van der Waals surface area contributed by atoms with Crippen LogP contribution in [-0.2, 0) is 26.5 Å². The summed E-state index contributed by atoms with van der Waals surface area (Å²) in [5.74, 6) is -0.264. The zero-order valence-corrected chi connectivity index (χ0v) is 22.3. The smallest absolute Gasteiger partial charge is 0.264 e. The van der Waals surface area contributed by atoms with Crippen molar-refractivity contribution in [2.45, 2.75) is 29.2 Å². The SMILES string of the molecule is C[C@H]1Cc2ccccc2N1S(=O)(=O)c1cccc(C(=O)Nc2nccc(Nc3ccc(S(N)(=O)=O)cc3)n2)c1. The molecule has 0 fully saturated rings. The summed E-state index contributed by atoms with van der Waals surface area (Å²) in [5.41, 5.74) is 2.25. The average Bonchev–Trinajstić information content (AvgIpc) is 3.25. The van der Waals surface area contributed by atoms with E-state index in [1.165, 1.54) is 59.0 Å². The third-order valence-electron chi connectivity index (χ3n) is 6.13. The molecular weight excluding hydrogens is 540 g/mol. The van der Waals surface area contributed by atoms with E-state index in [-0.39, 0.29) is 27.3 Å². The fraction of sp³-hybridized carbons (Fsp3) is 0.115. The molecule has 1 aliphatic rings. The number of fused-ring (bicyclic) bond motifs is 1. The summed E-state index contributed by atoms with van der Waals surface area (Å²) in [5, 5.41) is 10.7. The molecule has 4 N–H and O–H groups in total. The number of carbonyl (C=O) groups is 1. The maximum Gasteiger partial charge on any atom is 0.264 e. The van der Waals surface area contributed by atoms with E-state index in [0.717, 1.165) is 5.56 Å². The van der Waals surface area contributed by atoms with Gasteiger partial charge in [-0.2, -0.15) is 4.98 Å². The number of sulfonamides is 2. The molecule has 0 bridgehead atoms. The Hall–Kier alpha value is -4.33. The summed E-state index contributed by atoms with van der Waals surface area (Å²) in [6.45, 7) is 1.85. The van der Waals surface area contributed by atoms with Gasteiger partial charge in [-0.3, -0.25) is 14.4 Å². The van der Waals surface area contributed by atoms with Crippen LogP contribution in [0.5, 0.6) is 0 Å². The molecule has 200 valence electrons. The van der Waals surface area contributed by atoms with Gasteiger partial charge in [0.25, 0.3) is 15.9 Å². The van der Waals surface area contributed by atoms with Crippen LogP contribution in [0, 0.1) is 0 Å². The predicted octanol–water partition coefficient (Wildman–Crippen LogP) is 3.26. The number of hydrogen-bond donors (Lipinski definition) is 3. The van der Waals surface area contributed by atoms with Gasteiger partial charge in [-0.25, -0.2) is 27.0 Å². The van der Waals surface area contributed by atoms with Gasteiger partial charge in [-0.1, -0.05) is 24.3 Å². The van der Waals surface area contributed by atoms with E-state index in [2.05, 4.69) is 20.6 Å². The van der Waals surface area contributed by atoms with Crippen LogP contribution in [0.4, 0.5) is 23.1 Å². The molecule has 0 aliphatic carbocycles. The first-order valence-corrected chi connectivity index (χ1v) is 14.8. The van der Waals surface area contributed by atoms with Crippen molar-refractivity contribution >= 4 is 49.1 Å². The van der Waals surface area contributed by atoms with Crippen molar-refractivity contribution in [3.8, 4) is 0 Å². The van der Waals surface area contributed by atoms with Gasteiger partial charge in [0.15, 0.2) is 0 Å². The number of hydrogen-bond acceptors (Lipinski definition) is 8. The molecule has 1 atom stereocenters. The van der Waals surface area contributed by atoms with Gasteiger partial charge in [-0.05, 0) is 73.5 Å². The van der Waals surface area contributed by atoms with Crippen molar-refractivity contribution in [1.29, 1.82) is 0 Å². The number of nitrogens with one attached hydrogen (secondary N) is 2. The number of primary sulfonamides is 1. The molecule has 0 radical (unpaired) electrons. The summed E-state index contributed by atoms with van der Waals surface area (Å²) in [6, 6.07) is 20.2. The van der Waals surface area contributed by atoms with Crippen LogP contribution < -0.4 is 20.1 Å². The molecule has 0 saturated carbocycles. The van der Waals surface area contributed by atoms with E-state index in [0.29, 0.717) is 23.6 Å². The van der Waals surface area contributed by atoms with E-state index in [1.807, 2.05) is 19.1 Å². The van der Waals surface area contributed by atoms with E-state index in [4.69, 9.17) is 5.14 Å². The highest BCUT2D eigenvalue weighted by atomic mass is 32.2. The molecule has 1 aromatic heterocycles. The Kier molecular flexibility index (Phi) is 6.80. The van der Waals surface area contributed by atoms with Crippen LogP contribution >= 0.6 is 0 Å². The second-order valence-electron chi connectivity index (χ2n) is 8.92. The van der Waals surface area contributed by atoms with Crippen molar-refractivity contribution in [2.75, 3.05) is 14.9 Å². The van der Waals surface area contributed by atoms with Crippen molar-refractivity contribution in [3.05, 3.63) is 96.2 Å². The number of amides is 1. The van der Waals surface area contributed by atoms with Crippen LogP contribution in [-0.4, -0.2) is 38.8 Å². The topological polar surface area (TPSA) is 164 Å². The molecular formula is C26H24N6O5S2. The van der Waals surface area contributed by atoms with Crippen LogP contribution in [0.1, 0.15) is 22.8 Å². The van der Waals surface area contributed by atoms with Crippen LogP contribution in [0.3, 0.4) is 0 Å². The van der Waals surface area contributed by atoms with E-state index >= 15 is 0 Å². The minimum atomic E-state index is -3.92. The Labute approximate surface area is 225 Å². The second kappa shape index (κ2) is 10.1. The molecule has 39 heavy (non-hydrogen) atoms. The first-order valence-electron chi connectivity index (χ1n) is 11.8. The molecule has 1 amide bonds. The minimum absolute atomic E-state index is 0.00187. The number of nitrogens with two attached hydrogens (primary N) is 1. The molecule has 0 saturated heterocycles. The lowest BCUT2D eigenvalue weighted by Crippen LogP contribution is -2.35. The highest BCUT2D eigenvalue weighted by Crippen LogP contribution is 2.36. The van der Waals surface area contributed by atoms with E-state index in [9.17, 15) is 21.6 Å². The van der Waals surface area contributed by atoms with Gasteiger partial charge < -0.3 is 5.32 Å². The minimum Gasteiger partial charge on any atom is -0.340 e. The molecule has 11 nitrogen and oxygen atoms in total. The first-order chi connectivity index (χ1) is 18.5. The van der Waals surface area contributed by atoms with E-state index < -0.39 is 26.0 Å². The number of rotatable bonds is 7. The number of carbonyl (C=O) groups excluding carboxylic acids is 1. The molecule has 5 rings (SSSR count). The molecule has 3 aromatic carbocycles. The predicted molar refractivity (Wildman–Crippen MR) is 147 cm³/mol. The average molecular weight is 565 g/mol. The Morgan fingerprint density at radius 3 is 2.44 bits per heavy atom. The quantitative estimate of drug-likeness (QED) is 0.308. The number of aromatic nitrogens is 2. The maximum absolute atomic E-state index is 13.6. The molecule has 13 heteroatoms. The highest BCUT2D eigenvalue weighted by Gasteiger charge is 2.36. The molecule has 4 aromatic rings. The normalized spacial score (nSPS) is 15.0. The van der Waals surface area contributed by atoms with Gasteiger partial charge in [-0.15, -0.1) is 0 Å². The lowest BCUT2D eigenvalue weighted by Gasteiger charge is -2.24. The maximum atomic E-state index is 13.6. The Bertz CT molecular complexity index is 1780. The van der Waals surface area contributed by atoms with Gasteiger partial charge in [0.2, 0.25) is 16.0 Å². The lowest BCUT2D eigenvalue weighted by molar-refractivity contribution is 0.102. The number of anilines is 4. The van der Waals surface area contributed by atoms with Crippen LogP contribution in [0.15, 0.2) is 94.9 Å². The summed E-state index contributed by atoms with van der Waals surface area (Å²) in [7, 11) is -7.73. The zero-order valence-electron chi connectivity index (χ0n) is 20.6. The zero-order chi connectivity index (χ0) is 27.8. The standard InChI is InChI=1S/C26H24N6O5S2/c1-17-15-18-5-2-3-8-23(18)32(17)39(36,37)22-7-4-6-19(16-22)25(33)31-26-28-14-13-24(30-26)29-20-9-11-21(12-10-20)38(27,34)35/h2-14,16-17H,15H2,1H3,(H2,27,34,35)(H2,28,29,30,31,33)/t17-/m0/s1. The number of para-hydroxylation sites is 1. The van der Waals surface area contributed by atoms with Gasteiger partial charge in [0.05, 0.1) is 15.5 Å². The third kappa shape index (κ3) is 5.46. The van der Waals surface area contributed by atoms with E-state index in [1.54, 1.807) is 18.2 Å². The Balaban J connectivity index is 1.33. The fourth-order valence-electron chi connectivity index (χ4n) is 4.35. The van der Waals surface area contributed by atoms with Gasteiger partial charge in [0.1, 0.15) is 5.82 Å². The Morgan fingerprint density at radius 1 is 0.949 bits per heavy atom. The highest BCUT2D eigenvalue weighted by molar-refractivity contribution is 7.93. The Morgan fingerprint density at radius 2 is 1.69 bits per heavy atom. The van der Waals surface area contributed by atoms with Crippen molar-refractivity contribution in [3.63, 3.8) is 0 Å². The second-order valence-corrected chi connectivity index (χ2v) is 12.3. The molecule has 0 spiro atoms. The van der Waals surface area contributed by atoms with Crippen molar-refractivity contribution in [2.24, 2.45) is 5.14 Å². The molecule has 1 aliphatic heterocycles. The van der Waals surface area contributed by atoms with Crippen molar-refractivity contribution < 1.29 is 21.6 Å². The summed E-state index contributed by atoms with van der Waals surface area (Å²) in [6.07, 6.45) is 2.03. The monoisotopic (exact) mass is 564 g/mol. The molecule has 2 heterocycles. The van der Waals surface area contributed by atoms with Gasteiger partial charge in [0, 0.05) is 23.5 Å². The third-order valence-corrected chi connectivity index (χ3v) is 8.99.